The topological polar surface area (TPSA) is 18.5 Å². The highest BCUT2D eigenvalue weighted by atomic mass is 35.5. The fraction of sp³-hybridized carbons (Fsp3) is 0.692. The van der Waals surface area contributed by atoms with E-state index < -0.39 is 0 Å². The van der Waals surface area contributed by atoms with Crippen molar-refractivity contribution in [2.75, 3.05) is 43.5 Å². The number of nitrogens with zero attached hydrogens (tertiary/aromatic N) is 2. The molecule has 0 spiro atoms. The molecule has 1 aliphatic carbocycles. The number of nitrogens with one attached hydrogen (secondary N) is 1. The first-order valence-corrected chi connectivity index (χ1v) is 12.8. The minimum absolute atomic E-state index is 0.689. The van der Waals surface area contributed by atoms with Gasteiger partial charge in [-0.05, 0) is 94.0 Å². The maximum absolute atomic E-state index is 5.75. The van der Waals surface area contributed by atoms with E-state index in [0.717, 1.165) is 36.5 Å². The summed E-state index contributed by atoms with van der Waals surface area (Å²) in [5, 5.41) is 3.36. The van der Waals surface area contributed by atoms with Crippen molar-refractivity contribution in [3.63, 3.8) is 0 Å². The van der Waals surface area contributed by atoms with Crippen LogP contribution in [0, 0.1) is 11.8 Å². The minimum Gasteiger partial charge on any atom is -0.385 e. The molecule has 1 aromatic rings. The molecule has 1 saturated carbocycles. The van der Waals surface area contributed by atoms with Crippen LogP contribution in [0.15, 0.2) is 30.8 Å². The smallest absolute Gasteiger partial charge is 0.0366 e. The van der Waals surface area contributed by atoms with Crippen LogP contribution in [0.5, 0.6) is 0 Å². The Kier molecular flexibility index (Phi) is 8.01. The zero-order chi connectivity index (χ0) is 20.8. The van der Waals surface area contributed by atoms with Crippen LogP contribution in [0.25, 0.3) is 5.70 Å². The van der Waals surface area contributed by atoms with E-state index >= 15 is 0 Å². The van der Waals surface area contributed by atoms with Crippen LogP contribution in [-0.2, 0) is 0 Å². The Balaban J connectivity index is 1.17. The van der Waals surface area contributed by atoms with E-state index in [9.17, 15) is 0 Å². The molecule has 2 aliphatic heterocycles. The van der Waals surface area contributed by atoms with E-state index in [1.54, 1.807) is 0 Å². The molecule has 3 fully saturated rings. The summed E-state index contributed by atoms with van der Waals surface area (Å²) in [5.74, 6) is 2.61. The molecule has 0 aromatic heterocycles. The summed E-state index contributed by atoms with van der Waals surface area (Å²) in [5.41, 5.74) is 3.53. The molecule has 1 N–H and O–H groups in total. The molecule has 2 saturated heterocycles. The molecule has 1 aromatic carbocycles. The van der Waals surface area contributed by atoms with Crippen LogP contribution in [0.2, 0.25) is 0 Å². The molecule has 30 heavy (non-hydrogen) atoms. The SMILES string of the molecule is C=C(NCCCCl)c1ccc(N2CCC(CC3CCN(C4CCC4)CC3)CC2)cc1. The molecule has 0 atom stereocenters. The van der Waals surface area contributed by atoms with Crippen molar-refractivity contribution < 1.29 is 0 Å². The van der Waals surface area contributed by atoms with Crippen molar-refractivity contribution in [3.8, 4) is 0 Å². The molecular weight excluding hydrogens is 390 g/mol. The maximum Gasteiger partial charge on any atom is 0.0366 e. The van der Waals surface area contributed by atoms with Gasteiger partial charge in [-0.2, -0.15) is 0 Å². The van der Waals surface area contributed by atoms with Crippen LogP contribution in [0.1, 0.15) is 63.4 Å². The monoisotopic (exact) mass is 429 g/mol. The molecule has 0 radical (unpaired) electrons. The Morgan fingerprint density at radius 3 is 2.13 bits per heavy atom. The third-order valence-electron chi connectivity index (χ3n) is 7.75. The van der Waals surface area contributed by atoms with Crippen molar-refractivity contribution in [1.82, 2.24) is 10.2 Å². The zero-order valence-electron chi connectivity index (χ0n) is 18.6. The molecule has 3 nitrogen and oxygen atoms in total. The normalized spacial score (nSPS) is 22.1. The predicted octanol–water partition coefficient (Wildman–Crippen LogP) is 5.75. The van der Waals surface area contributed by atoms with Crippen LogP contribution in [0.3, 0.4) is 0 Å². The van der Waals surface area contributed by atoms with E-state index in [4.69, 9.17) is 11.6 Å². The number of alkyl halides is 1. The van der Waals surface area contributed by atoms with Gasteiger partial charge in [0, 0.05) is 42.9 Å². The second-order valence-corrected chi connectivity index (χ2v) is 10.1. The summed E-state index contributed by atoms with van der Waals surface area (Å²) in [6.45, 7) is 10.2. The van der Waals surface area contributed by atoms with Gasteiger partial charge in [-0.1, -0.05) is 25.1 Å². The van der Waals surface area contributed by atoms with Gasteiger partial charge in [0.15, 0.2) is 0 Å². The Morgan fingerprint density at radius 2 is 1.57 bits per heavy atom. The highest BCUT2D eigenvalue weighted by Gasteiger charge is 2.30. The third-order valence-corrected chi connectivity index (χ3v) is 8.02. The second kappa shape index (κ2) is 10.9. The molecule has 4 heteroatoms. The fourth-order valence-corrected chi connectivity index (χ4v) is 5.62. The van der Waals surface area contributed by atoms with Gasteiger partial charge in [-0.15, -0.1) is 11.6 Å². The summed E-state index contributed by atoms with van der Waals surface area (Å²) in [4.78, 5) is 5.36. The molecule has 0 unspecified atom stereocenters. The molecule has 0 bridgehead atoms. The highest BCUT2D eigenvalue weighted by Crippen LogP contribution is 2.34. The maximum atomic E-state index is 5.75. The van der Waals surface area contributed by atoms with Gasteiger partial charge in [0.05, 0.1) is 0 Å². The van der Waals surface area contributed by atoms with Crippen molar-refractivity contribution in [3.05, 3.63) is 36.4 Å². The standard InChI is InChI=1S/C26H40ClN3/c1-21(28-15-3-14-27)24-6-8-26(9-7-24)30-18-12-23(13-19-30)20-22-10-16-29(17-11-22)25-4-2-5-25/h6-9,22-23,25,28H,1-5,10-20H2. The average Bonchev–Trinajstić information content (AvgIpc) is 2.75. The van der Waals surface area contributed by atoms with E-state index in [1.165, 1.54) is 88.8 Å². The average molecular weight is 430 g/mol. The minimum atomic E-state index is 0.689. The summed E-state index contributed by atoms with van der Waals surface area (Å²) >= 11 is 5.75. The Labute approximate surface area is 188 Å². The molecular formula is C26H40ClN3. The number of hydrogen-bond donors (Lipinski definition) is 1. The Morgan fingerprint density at radius 1 is 0.933 bits per heavy atom. The lowest BCUT2D eigenvalue weighted by molar-refractivity contribution is 0.0772. The van der Waals surface area contributed by atoms with E-state index in [1.807, 2.05) is 0 Å². The number of halogens is 1. The molecule has 0 amide bonds. The van der Waals surface area contributed by atoms with E-state index in [2.05, 4.69) is 46.0 Å². The lowest BCUT2D eigenvalue weighted by Crippen LogP contribution is -2.45. The van der Waals surface area contributed by atoms with Crippen molar-refractivity contribution >= 4 is 23.0 Å². The van der Waals surface area contributed by atoms with Gasteiger partial charge >= 0.3 is 0 Å². The first-order chi connectivity index (χ1) is 14.7. The number of rotatable bonds is 9. The molecule has 2 heterocycles. The zero-order valence-corrected chi connectivity index (χ0v) is 19.4. The van der Waals surface area contributed by atoms with Crippen LogP contribution < -0.4 is 10.2 Å². The lowest BCUT2D eigenvalue weighted by Gasteiger charge is -2.43. The van der Waals surface area contributed by atoms with Gasteiger partial charge in [0.2, 0.25) is 0 Å². The quantitative estimate of drug-likeness (QED) is 0.398. The summed E-state index contributed by atoms with van der Waals surface area (Å²) in [7, 11) is 0. The summed E-state index contributed by atoms with van der Waals surface area (Å²) < 4.78 is 0. The third kappa shape index (κ3) is 5.73. The van der Waals surface area contributed by atoms with Gasteiger partial charge in [-0.25, -0.2) is 0 Å². The first-order valence-electron chi connectivity index (χ1n) is 12.3. The fourth-order valence-electron chi connectivity index (χ4n) is 5.49. The van der Waals surface area contributed by atoms with Crippen molar-refractivity contribution in [2.45, 2.75) is 63.8 Å². The number of anilines is 1. The number of piperidine rings is 2. The summed E-state index contributed by atoms with van der Waals surface area (Å²) in [6.07, 6.45) is 12.4. The largest absolute Gasteiger partial charge is 0.385 e. The first kappa shape index (κ1) is 22.0. The highest BCUT2D eigenvalue weighted by molar-refractivity contribution is 6.17. The second-order valence-electron chi connectivity index (χ2n) is 9.72. The van der Waals surface area contributed by atoms with E-state index in [0.29, 0.717) is 5.88 Å². The Bertz CT molecular complexity index is 653. The molecule has 4 rings (SSSR count). The summed E-state index contributed by atoms with van der Waals surface area (Å²) in [6, 6.07) is 9.88. The molecule has 166 valence electrons. The van der Waals surface area contributed by atoms with Gasteiger partial charge in [0.1, 0.15) is 0 Å². The van der Waals surface area contributed by atoms with Crippen LogP contribution in [-0.4, -0.2) is 49.5 Å². The Hall–Kier alpha value is -1.19. The van der Waals surface area contributed by atoms with E-state index in [-0.39, 0.29) is 0 Å². The van der Waals surface area contributed by atoms with Gasteiger partial charge in [-0.3, -0.25) is 0 Å². The lowest BCUT2D eigenvalue weighted by atomic mass is 9.81. The predicted molar refractivity (Wildman–Crippen MR) is 130 cm³/mol. The van der Waals surface area contributed by atoms with Crippen molar-refractivity contribution in [2.24, 2.45) is 11.8 Å². The number of benzene rings is 1. The van der Waals surface area contributed by atoms with Crippen LogP contribution >= 0.6 is 11.6 Å². The number of hydrogen-bond acceptors (Lipinski definition) is 3. The van der Waals surface area contributed by atoms with Gasteiger partial charge < -0.3 is 15.1 Å². The van der Waals surface area contributed by atoms with Crippen molar-refractivity contribution in [1.29, 1.82) is 0 Å². The van der Waals surface area contributed by atoms with Gasteiger partial charge in [0.25, 0.3) is 0 Å². The molecule has 3 aliphatic rings. The van der Waals surface area contributed by atoms with Crippen LogP contribution in [0.4, 0.5) is 5.69 Å². The number of likely N-dealkylation sites (tertiary alicyclic amines) is 1.